The van der Waals surface area contributed by atoms with E-state index in [1.165, 1.54) is 0 Å². The van der Waals surface area contributed by atoms with E-state index >= 15 is 0 Å². The number of hydrogen-bond acceptors (Lipinski definition) is 3. The highest BCUT2D eigenvalue weighted by Crippen LogP contribution is 2.10. The maximum Gasteiger partial charge on any atom is 0.264 e. The topological polar surface area (TPSA) is 54.4 Å². The van der Waals surface area contributed by atoms with Crippen molar-refractivity contribution in [1.29, 1.82) is 0 Å². The van der Waals surface area contributed by atoms with E-state index in [0.29, 0.717) is 18.1 Å². The van der Waals surface area contributed by atoms with Gasteiger partial charge in [-0.1, -0.05) is 13.3 Å². The molecule has 0 heterocycles. The average Bonchev–Trinajstić information content (AvgIpc) is 1.88. The molecular formula is C6H14O3S2. The van der Waals surface area contributed by atoms with Gasteiger partial charge >= 0.3 is 0 Å². The lowest BCUT2D eigenvalue weighted by Gasteiger charge is -2.08. The van der Waals surface area contributed by atoms with Crippen LogP contribution in [0.25, 0.3) is 0 Å². The molecule has 5 heteroatoms. The Morgan fingerprint density at radius 2 is 2.09 bits per heavy atom. The molecule has 0 radical (unpaired) electrons. The molecule has 0 aromatic carbocycles. The van der Waals surface area contributed by atoms with Crippen molar-refractivity contribution in [2.45, 2.75) is 19.8 Å². The predicted octanol–water partition coefficient (Wildman–Crippen LogP) is 1.22. The van der Waals surface area contributed by atoms with Gasteiger partial charge in [-0.3, -0.25) is 4.55 Å². The van der Waals surface area contributed by atoms with Gasteiger partial charge in [0.1, 0.15) is 0 Å². The van der Waals surface area contributed by atoms with Gasteiger partial charge in [0.25, 0.3) is 10.1 Å². The molecule has 0 aliphatic carbocycles. The summed E-state index contributed by atoms with van der Waals surface area (Å²) in [5.74, 6) is 0.818. The van der Waals surface area contributed by atoms with Crippen LogP contribution >= 0.6 is 12.6 Å². The van der Waals surface area contributed by atoms with Crippen LogP contribution in [0.3, 0.4) is 0 Å². The summed E-state index contributed by atoms with van der Waals surface area (Å²) in [4.78, 5) is 0. The molecule has 0 rings (SSSR count). The minimum absolute atomic E-state index is 0.147. The summed E-state index contributed by atoms with van der Waals surface area (Å²) < 4.78 is 29.0. The lowest BCUT2D eigenvalue weighted by Crippen LogP contribution is -2.10. The van der Waals surface area contributed by atoms with Crippen molar-refractivity contribution in [2.24, 2.45) is 5.92 Å². The molecule has 0 amide bonds. The van der Waals surface area contributed by atoms with Crippen LogP contribution in [0.2, 0.25) is 0 Å². The molecule has 1 atom stereocenters. The van der Waals surface area contributed by atoms with Gasteiger partial charge in [0.15, 0.2) is 0 Å². The molecule has 0 aromatic rings. The lowest BCUT2D eigenvalue weighted by atomic mass is 10.1. The zero-order valence-electron chi connectivity index (χ0n) is 6.52. The fourth-order valence-electron chi connectivity index (χ4n) is 0.740. The van der Waals surface area contributed by atoms with Crippen LogP contribution in [0.1, 0.15) is 19.8 Å². The third-order valence-electron chi connectivity index (χ3n) is 1.62. The van der Waals surface area contributed by atoms with Gasteiger partial charge < -0.3 is 0 Å². The second-order valence-corrected chi connectivity index (χ2v) is 4.47. The first-order chi connectivity index (χ1) is 4.99. The van der Waals surface area contributed by atoms with E-state index in [0.717, 1.165) is 6.42 Å². The second kappa shape index (κ2) is 5.00. The van der Waals surface area contributed by atoms with Crippen molar-refractivity contribution in [1.82, 2.24) is 0 Å². The van der Waals surface area contributed by atoms with E-state index in [1.54, 1.807) is 0 Å². The molecule has 1 unspecified atom stereocenters. The minimum atomic E-state index is -3.77. The SMILES string of the molecule is CCC(CS)CCS(=O)(=O)O. The smallest absolute Gasteiger partial charge is 0.264 e. The summed E-state index contributed by atoms with van der Waals surface area (Å²) in [6.07, 6.45) is 1.40. The molecule has 0 aromatic heterocycles. The fraction of sp³-hybridized carbons (Fsp3) is 1.00. The highest BCUT2D eigenvalue weighted by molar-refractivity contribution is 7.85. The molecular weight excluding hydrogens is 184 g/mol. The summed E-state index contributed by atoms with van der Waals surface area (Å²) in [5.41, 5.74) is 0. The standard InChI is InChI=1S/C6H14O3S2/c1-2-6(5-10)3-4-11(7,8)9/h6,10H,2-5H2,1H3,(H,7,8,9). The quantitative estimate of drug-likeness (QED) is 0.516. The first-order valence-electron chi connectivity index (χ1n) is 3.55. The van der Waals surface area contributed by atoms with Gasteiger partial charge in [-0.15, -0.1) is 0 Å². The molecule has 0 aliphatic rings. The van der Waals surface area contributed by atoms with Crippen LogP contribution in [0.5, 0.6) is 0 Å². The molecule has 3 nitrogen and oxygen atoms in total. The summed E-state index contributed by atoms with van der Waals surface area (Å²) >= 11 is 4.05. The molecule has 0 bridgehead atoms. The summed E-state index contributed by atoms with van der Waals surface area (Å²) in [6.45, 7) is 1.98. The Morgan fingerprint density at radius 1 is 1.55 bits per heavy atom. The summed E-state index contributed by atoms with van der Waals surface area (Å²) in [6, 6.07) is 0. The molecule has 68 valence electrons. The van der Waals surface area contributed by atoms with Crippen molar-refractivity contribution >= 4 is 22.7 Å². The van der Waals surface area contributed by atoms with Crippen molar-refractivity contribution < 1.29 is 13.0 Å². The van der Waals surface area contributed by atoms with Gasteiger partial charge in [-0.25, -0.2) is 0 Å². The van der Waals surface area contributed by atoms with E-state index in [-0.39, 0.29) is 5.75 Å². The van der Waals surface area contributed by atoms with Gasteiger partial charge in [-0.05, 0) is 18.1 Å². The summed E-state index contributed by atoms with van der Waals surface area (Å²) in [7, 11) is -3.77. The molecule has 0 spiro atoms. The Labute approximate surface area is 73.3 Å². The zero-order valence-corrected chi connectivity index (χ0v) is 8.24. The highest BCUT2D eigenvalue weighted by atomic mass is 32.2. The van der Waals surface area contributed by atoms with Gasteiger partial charge in [-0.2, -0.15) is 21.0 Å². The van der Waals surface area contributed by atoms with Crippen molar-refractivity contribution in [3.63, 3.8) is 0 Å². The second-order valence-electron chi connectivity index (χ2n) is 2.53. The first kappa shape index (κ1) is 11.3. The Kier molecular flexibility index (Phi) is 5.12. The Balaban J connectivity index is 3.69. The maximum absolute atomic E-state index is 10.3. The highest BCUT2D eigenvalue weighted by Gasteiger charge is 2.09. The van der Waals surface area contributed by atoms with E-state index in [9.17, 15) is 8.42 Å². The Morgan fingerprint density at radius 3 is 2.36 bits per heavy atom. The van der Waals surface area contributed by atoms with Crippen LogP contribution in [-0.4, -0.2) is 24.5 Å². The van der Waals surface area contributed by atoms with E-state index in [2.05, 4.69) is 12.6 Å². The van der Waals surface area contributed by atoms with Gasteiger partial charge in [0, 0.05) is 0 Å². The third-order valence-corrected chi connectivity index (χ3v) is 2.89. The van der Waals surface area contributed by atoms with Crippen LogP contribution in [0.15, 0.2) is 0 Å². The van der Waals surface area contributed by atoms with Crippen LogP contribution in [0, 0.1) is 5.92 Å². The first-order valence-corrected chi connectivity index (χ1v) is 5.79. The number of thiol groups is 1. The minimum Gasteiger partial charge on any atom is -0.286 e. The summed E-state index contributed by atoms with van der Waals surface area (Å²) in [5, 5.41) is 0. The zero-order chi connectivity index (χ0) is 8.91. The molecule has 0 saturated heterocycles. The molecule has 0 saturated carbocycles. The van der Waals surface area contributed by atoms with E-state index < -0.39 is 10.1 Å². The Hall–Kier alpha value is 0.260. The predicted molar refractivity (Wildman–Crippen MR) is 48.7 cm³/mol. The largest absolute Gasteiger partial charge is 0.286 e. The lowest BCUT2D eigenvalue weighted by molar-refractivity contribution is 0.468. The van der Waals surface area contributed by atoms with Crippen LogP contribution in [0.4, 0.5) is 0 Å². The molecule has 0 fully saturated rings. The van der Waals surface area contributed by atoms with Crippen LogP contribution in [-0.2, 0) is 10.1 Å². The van der Waals surface area contributed by atoms with Gasteiger partial charge in [0.2, 0.25) is 0 Å². The molecule has 1 N–H and O–H groups in total. The Bertz CT molecular complexity index is 182. The number of hydrogen-bond donors (Lipinski definition) is 2. The van der Waals surface area contributed by atoms with Crippen molar-refractivity contribution in [3.8, 4) is 0 Å². The third kappa shape index (κ3) is 6.65. The van der Waals surface area contributed by atoms with E-state index in [4.69, 9.17) is 4.55 Å². The van der Waals surface area contributed by atoms with Crippen LogP contribution < -0.4 is 0 Å². The monoisotopic (exact) mass is 198 g/mol. The normalized spacial score (nSPS) is 14.8. The van der Waals surface area contributed by atoms with Crippen molar-refractivity contribution in [2.75, 3.05) is 11.5 Å². The average molecular weight is 198 g/mol. The fourth-order valence-corrected chi connectivity index (χ4v) is 1.81. The molecule has 0 aliphatic heterocycles. The van der Waals surface area contributed by atoms with Crippen molar-refractivity contribution in [3.05, 3.63) is 0 Å². The maximum atomic E-state index is 10.3. The van der Waals surface area contributed by atoms with E-state index in [1.807, 2.05) is 6.92 Å². The number of rotatable bonds is 5. The molecule has 11 heavy (non-hydrogen) atoms. The van der Waals surface area contributed by atoms with Gasteiger partial charge in [0.05, 0.1) is 5.75 Å².